The van der Waals surface area contributed by atoms with Gasteiger partial charge >= 0.3 is 0 Å². The highest BCUT2D eigenvalue weighted by Gasteiger charge is 2.19. The lowest BCUT2D eigenvalue weighted by atomic mass is 10.1. The molecule has 2 aromatic carbocycles. The molecule has 0 saturated carbocycles. The van der Waals surface area contributed by atoms with E-state index in [-0.39, 0.29) is 17.1 Å². The number of amides is 1. The van der Waals surface area contributed by atoms with Crippen molar-refractivity contribution in [3.05, 3.63) is 81.9 Å². The van der Waals surface area contributed by atoms with E-state index in [1.165, 1.54) is 31.5 Å². The molecule has 142 valence electrons. The molecular weight excluding hydrogens is 369 g/mol. The van der Waals surface area contributed by atoms with Crippen LogP contribution < -0.4 is 10.2 Å². The highest BCUT2D eigenvalue weighted by Crippen LogP contribution is 2.31. The van der Waals surface area contributed by atoms with Crippen LogP contribution in [0.4, 0.5) is 10.1 Å². The molecule has 0 bridgehead atoms. The van der Waals surface area contributed by atoms with Crippen LogP contribution in [0.1, 0.15) is 16.1 Å². The fourth-order valence-electron chi connectivity index (χ4n) is 2.48. The van der Waals surface area contributed by atoms with Crippen LogP contribution in [0.5, 0.6) is 5.75 Å². The molecule has 8 nitrogen and oxygen atoms in total. The SMILES string of the molecule is COc1ccccc1C(=O)N/N=C\c1ccc(-c2ccc(F)cc2[N+](=O)[O-])o1. The molecule has 3 aromatic rings. The second kappa shape index (κ2) is 8.12. The van der Waals surface area contributed by atoms with Gasteiger partial charge in [-0.15, -0.1) is 0 Å². The van der Waals surface area contributed by atoms with Gasteiger partial charge in [-0.05, 0) is 36.4 Å². The molecule has 1 amide bonds. The van der Waals surface area contributed by atoms with Crippen molar-refractivity contribution in [3.63, 3.8) is 0 Å². The molecule has 3 rings (SSSR count). The fourth-order valence-corrected chi connectivity index (χ4v) is 2.48. The number of carbonyl (C=O) groups excluding carboxylic acids is 1. The van der Waals surface area contributed by atoms with Gasteiger partial charge in [-0.2, -0.15) is 5.10 Å². The predicted octanol–water partition coefficient (Wildman–Crippen LogP) is 3.77. The Hall–Kier alpha value is -4.01. The molecule has 0 saturated heterocycles. The number of nitrogens with one attached hydrogen (secondary N) is 1. The molecule has 0 aliphatic heterocycles. The van der Waals surface area contributed by atoms with Crippen LogP contribution in [0, 0.1) is 15.9 Å². The van der Waals surface area contributed by atoms with E-state index in [4.69, 9.17) is 9.15 Å². The number of hydrogen-bond acceptors (Lipinski definition) is 6. The summed E-state index contributed by atoms with van der Waals surface area (Å²) < 4.78 is 23.8. The molecule has 9 heteroatoms. The highest BCUT2D eigenvalue weighted by molar-refractivity contribution is 5.97. The minimum Gasteiger partial charge on any atom is -0.496 e. The summed E-state index contributed by atoms with van der Waals surface area (Å²) in [5, 5.41) is 14.9. The summed E-state index contributed by atoms with van der Waals surface area (Å²) >= 11 is 0. The third kappa shape index (κ3) is 4.04. The molecule has 0 aliphatic rings. The summed E-state index contributed by atoms with van der Waals surface area (Å²) in [6, 6.07) is 12.8. The van der Waals surface area contributed by atoms with Gasteiger partial charge in [-0.3, -0.25) is 14.9 Å². The zero-order valence-electron chi connectivity index (χ0n) is 14.6. The van der Waals surface area contributed by atoms with Crippen LogP contribution >= 0.6 is 0 Å². The van der Waals surface area contributed by atoms with E-state index in [0.29, 0.717) is 11.3 Å². The second-order valence-corrected chi connectivity index (χ2v) is 5.52. The lowest BCUT2D eigenvalue weighted by Crippen LogP contribution is -2.18. The van der Waals surface area contributed by atoms with E-state index in [0.717, 1.165) is 12.1 Å². The first-order valence-corrected chi connectivity index (χ1v) is 8.00. The van der Waals surface area contributed by atoms with Crippen LogP contribution in [0.3, 0.4) is 0 Å². The normalized spacial score (nSPS) is 10.8. The molecule has 0 aliphatic carbocycles. The zero-order chi connectivity index (χ0) is 20.1. The average molecular weight is 383 g/mol. The topological polar surface area (TPSA) is 107 Å². The first-order chi connectivity index (χ1) is 13.5. The van der Waals surface area contributed by atoms with Crippen LogP contribution in [-0.2, 0) is 0 Å². The summed E-state index contributed by atoms with van der Waals surface area (Å²) in [6.45, 7) is 0. The third-order valence-corrected chi connectivity index (χ3v) is 3.76. The van der Waals surface area contributed by atoms with E-state index in [2.05, 4.69) is 10.5 Å². The quantitative estimate of drug-likeness (QED) is 0.396. The molecular formula is C19H14FN3O5. The van der Waals surface area contributed by atoms with Crippen molar-refractivity contribution in [2.75, 3.05) is 7.11 Å². The number of ether oxygens (including phenoxy) is 1. The minimum atomic E-state index is -0.720. The van der Waals surface area contributed by atoms with Gasteiger partial charge in [-0.25, -0.2) is 9.82 Å². The first kappa shape index (κ1) is 18.8. The van der Waals surface area contributed by atoms with Crippen LogP contribution in [0.15, 0.2) is 64.1 Å². The number of nitro benzene ring substituents is 1. The van der Waals surface area contributed by atoms with Gasteiger partial charge in [0.25, 0.3) is 11.6 Å². The lowest BCUT2D eigenvalue weighted by molar-refractivity contribution is -0.384. The Morgan fingerprint density at radius 3 is 2.79 bits per heavy atom. The second-order valence-electron chi connectivity index (χ2n) is 5.52. The molecule has 1 heterocycles. The van der Waals surface area contributed by atoms with Gasteiger partial charge in [0, 0.05) is 0 Å². The maximum absolute atomic E-state index is 13.3. The van der Waals surface area contributed by atoms with Gasteiger partial charge in [0.15, 0.2) is 0 Å². The number of para-hydroxylation sites is 1. The van der Waals surface area contributed by atoms with Crippen molar-refractivity contribution in [1.82, 2.24) is 5.43 Å². The number of hydrogen-bond donors (Lipinski definition) is 1. The van der Waals surface area contributed by atoms with Crippen molar-refractivity contribution >= 4 is 17.8 Å². The average Bonchev–Trinajstić information content (AvgIpc) is 3.16. The summed E-state index contributed by atoms with van der Waals surface area (Å²) in [5.41, 5.74) is 2.36. The predicted molar refractivity (Wildman–Crippen MR) is 98.8 cm³/mol. The fraction of sp³-hybridized carbons (Fsp3) is 0.0526. The third-order valence-electron chi connectivity index (χ3n) is 3.76. The van der Waals surface area contributed by atoms with Gasteiger partial charge in [-0.1, -0.05) is 12.1 Å². The van der Waals surface area contributed by atoms with Crippen molar-refractivity contribution in [2.24, 2.45) is 5.10 Å². The van der Waals surface area contributed by atoms with Gasteiger partial charge in [0.05, 0.1) is 35.4 Å². The molecule has 0 radical (unpaired) electrons. The summed E-state index contributed by atoms with van der Waals surface area (Å²) in [5.74, 6) is -0.380. The van der Waals surface area contributed by atoms with Crippen molar-refractivity contribution < 1.29 is 23.3 Å². The molecule has 1 aromatic heterocycles. The summed E-state index contributed by atoms with van der Waals surface area (Å²) in [6.07, 6.45) is 1.24. The minimum absolute atomic E-state index is 0.129. The molecule has 0 fully saturated rings. The smallest absolute Gasteiger partial charge is 0.283 e. The van der Waals surface area contributed by atoms with E-state index in [9.17, 15) is 19.3 Å². The number of carbonyl (C=O) groups is 1. The van der Waals surface area contributed by atoms with Gasteiger partial charge in [0.1, 0.15) is 23.1 Å². The van der Waals surface area contributed by atoms with Crippen LogP contribution in [0.2, 0.25) is 0 Å². The van der Waals surface area contributed by atoms with Crippen molar-refractivity contribution in [2.45, 2.75) is 0 Å². The molecule has 0 unspecified atom stereocenters. The molecule has 0 atom stereocenters. The first-order valence-electron chi connectivity index (χ1n) is 8.00. The maximum atomic E-state index is 13.3. The Bertz CT molecular complexity index is 1060. The van der Waals surface area contributed by atoms with Crippen molar-refractivity contribution in [3.8, 4) is 17.1 Å². The summed E-state index contributed by atoms with van der Waals surface area (Å²) in [4.78, 5) is 22.6. The number of furan rings is 1. The standard InChI is InChI=1S/C19H14FN3O5/c1-27-17-5-3-2-4-15(17)19(24)22-21-11-13-7-9-18(28-13)14-8-6-12(20)10-16(14)23(25)26/h2-11H,1H3,(H,22,24)/b21-11-. The molecule has 1 N–H and O–H groups in total. The number of methoxy groups -OCH3 is 1. The van der Waals surface area contributed by atoms with E-state index < -0.39 is 22.3 Å². The molecule has 28 heavy (non-hydrogen) atoms. The number of nitrogens with zero attached hydrogens (tertiary/aromatic N) is 2. The largest absolute Gasteiger partial charge is 0.496 e. The number of benzene rings is 2. The number of nitro groups is 1. The Balaban J connectivity index is 1.75. The Kier molecular flexibility index (Phi) is 5.45. The van der Waals surface area contributed by atoms with E-state index >= 15 is 0 Å². The Morgan fingerprint density at radius 1 is 1.25 bits per heavy atom. The Labute approximate surface area is 158 Å². The van der Waals surface area contributed by atoms with Crippen LogP contribution in [0.25, 0.3) is 11.3 Å². The van der Waals surface area contributed by atoms with Crippen LogP contribution in [-0.4, -0.2) is 24.2 Å². The maximum Gasteiger partial charge on any atom is 0.283 e. The van der Waals surface area contributed by atoms with E-state index in [1.54, 1.807) is 24.3 Å². The highest BCUT2D eigenvalue weighted by atomic mass is 19.1. The van der Waals surface area contributed by atoms with Gasteiger partial charge in [0.2, 0.25) is 0 Å². The van der Waals surface area contributed by atoms with Gasteiger partial charge < -0.3 is 9.15 Å². The number of halogens is 1. The number of rotatable bonds is 6. The lowest BCUT2D eigenvalue weighted by Gasteiger charge is -2.05. The summed E-state index contributed by atoms with van der Waals surface area (Å²) in [7, 11) is 1.45. The number of hydrazone groups is 1. The monoisotopic (exact) mass is 383 g/mol. The molecule has 0 spiro atoms. The van der Waals surface area contributed by atoms with Crippen molar-refractivity contribution in [1.29, 1.82) is 0 Å². The van der Waals surface area contributed by atoms with E-state index in [1.807, 2.05) is 0 Å². The zero-order valence-corrected chi connectivity index (χ0v) is 14.6. The Morgan fingerprint density at radius 2 is 2.04 bits per heavy atom.